The van der Waals surface area contributed by atoms with E-state index in [0.29, 0.717) is 0 Å². The van der Waals surface area contributed by atoms with E-state index in [4.69, 9.17) is 5.11 Å². The maximum absolute atomic E-state index is 10.0. The molecule has 0 spiro atoms. The summed E-state index contributed by atoms with van der Waals surface area (Å²) in [4.78, 5) is 19.2. The fourth-order valence-corrected chi connectivity index (χ4v) is 5.15. The molecule has 0 saturated carbocycles. The van der Waals surface area contributed by atoms with Crippen molar-refractivity contribution in [1.82, 2.24) is 4.98 Å². The zero-order valence-corrected chi connectivity index (χ0v) is 23.6. The molecule has 0 unspecified atom stereocenters. The van der Waals surface area contributed by atoms with Crippen molar-refractivity contribution >= 4 is 51.6 Å². The molecule has 37 heavy (non-hydrogen) atoms. The number of benzene rings is 3. The van der Waals surface area contributed by atoms with Crippen molar-refractivity contribution < 1.29 is 30.0 Å². The first kappa shape index (κ1) is 26.4. The number of aromatic nitrogens is 1. The zero-order valence-electron chi connectivity index (χ0n) is 21.2. The fourth-order valence-electron chi connectivity index (χ4n) is 5.15. The largest absolute Gasteiger partial charge is 0.512 e. The topological polar surface area (TPSA) is 56.7 Å². The van der Waals surface area contributed by atoms with E-state index >= 15 is 0 Å². The smallest absolute Gasteiger partial charge is 0.200 e. The fraction of sp³-hybridized carbons (Fsp3) is 0.133. The summed E-state index contributed by atoms with van der Waals surface area (Å²) in [7, 11) is 4.30. The number of aliphatic hydroxyl groups is 1. The van der Waals surface area contributed by atoms with E-state index in [9.17, 15) is 4.79 Å². The molecule has 3 aromatic carbocycles. The molecule has 3 heterocycles. The van der Waals surface area contributed by atoms with Crippen LogP contribution in [0.1, 0.15) is 13.8 Å². The van der Waals surface area contributed by atoms with Gasteiger partial charge in [0, 0.05) is 57.8 Å². The van der Waals surface area contributed by atoms with Gasteiger partial charge in [-0.2, -0.15) is 0 Å². The van der Waals surface area contributed by atoms with E-state index in [2.05, 4.69) is 95.6 Å². The summed E-state index contributed by atoms with van der Waals surface area (Å²) in [6.45, 7) is 3.06. The van der Waals surface area contributed by atoms with Gasteiger partial charge in [-0.1, -0.05) is 64.9 Å². The number of carbonyl (C=O) groups is 1. The van der Waals surface area contributed by atoms with Gasteiger partial charge in [0.25, 0.3) is 0 Å². The van der Waals surface area contributed by atoms with Crippen LogP contribution in [0.15, 0.2) is 90.8 Å². The Kier molecular flexibility index (Phi) is 7.67. The molecule has 2 aliphatic heterocycles. The molecule has 187 valence electrons. The Balaban J connectivity index is 0.000000356. The molecule has 2 aliphatic rings. The summed E-state index contributed by atoms with van der Waals surface area (Å²) >= 11 is 0. The van der Waals surface area contributed by atoms with Crippen LogP contribution in [0.2, 0.25) is 0 Å². The molecule has 0 aliphatic carbocycles. The van der Waals surface area contributed by atoms with Crippen molar-refractivity contribution in [3.8, 4) is 11.3 Å². The predicted octanol–water partition coefficient (Wildman–Crippen LogP) is 4.26. The van der Waals surface area contributed by atoms with Gasteiger partial charge in [-0.25, -0.2) is 0 Å². The Morgan fingerprint density at radius 2 is 1.49 bits per heavy atom. The Morgan fingerprint density at radius 1 is 0.892 bits per heavy atom. The average Bonchev–Trinajstić information content (AvgIpc) is 2.88. The van der Waals surface area contributed by atoms with Gasteiger partial charge in [0.2, 0.25) is 0 Å². The van der Waals surface area contributed by atoms with Crippen molar-refractivity contribution in [2.45, 2.75) is 13.8 Å². The van der Waals surface area contributed by atoms with Crippen LogP contribution >= 0.6 is 0 Å². The summed E-state index contributed by atoms with van der Waals surface area (Å²) < 4.78 is 0. The number of pyridine rings is 1. The Hall–Kier alpha value is -3.67. The van der Waals surface area contributed by atoms with Gasteiger partial charge in [-0.15, -0.1) is 17.7 Å². The number of fused-ring (bicyclic) bond motifs is 4. The number of aliphatic hydroxyl groups excluding tert-OH is 1. The summed E-state index contributed by atoms with van der Waals surface area (Å²) in [5.74, 6) is -0.0625. The zero-order chi connectivity index (χ0) is 25.4. The van der Waals surface area contributed by atoms with Crippen molar-refractivity contribution in [1.29, 1.82) is 0 Å². The molecule has 0 amide bonds. The first-order valence-corrected chi connectivity index (χ1v) is 11.9. The molecular weight excluding hydrogens is 637 g/mol. The SMILES string of the molecule is CC(=O)/C=C(/C)O.CN1c2[c-]c(-c3ccccn3)cc3c2B(c2ccccc21)c1ccccc1N3C.[Ir]. The first-order chi connectivity index (χ1) is 17.4. The van der Waals surface area contributed by atoms with Crippen molar-refractivity contribution in [3.05, 3.63) is 96.9 Å². The van der Waals surface area contributed by atoms with Crippen LogP contribution in [0.3, 0.4) is 0 Å². The number of hydrogen-bond donors (Lipinski definition) is 1. The molecule has 0 bridgehead atoms. The molecule has 0 saturated heterocycles. The van der Waals surface area contributed by atoms with Gasteiger partial charge < -0.3 is 19.9 Å². The van der Waals surface area contributed by atoms with Crippen LogP contribution in [0.25, 0.3) is 11.3 Å². The third kappa shape index (κ3) is 4.85. The van der Waals surface area contributed by atoms with Gasteiger partial charge in [0.1, 0.15) is 0 Å². The Morgan fingerprint density at radius 3 is 2.03 bits per heavy atom. The van der Waals surface area contributed by atoms with Crippen LogP contribution in [0.5, 0.6) is 0 Å². The van der Waals surface area contributed by atoms with Crippen LogP contribution in [-0.2, 0) is 24.9 Å². The maximum Gasteiger partial charge on any atom is 0.200 e. The normalized spacial score (nSPS) is 12.9. The van der Waals surface area contributed by atoms with Crippen molar-refractivity contribution in [2.24, 2.45) is 0 Å². The number of allylic oxidation sites excluding steroid dienone is 2. The third-order valence-electron chi connectivity index (χ3n) is 6.62. The minimum atomic E-state index is -0.125. The second-order valence-electron chi connectivity index (χ2n) is 9.11. The average molecular weight is 665 g/mol. The van der Waals surface area contributed by atoms with Gasteiger partial charge in [-0.05, 0) is 49.1 Å². The minimum Gasteiger partial charge on any atom is -0.512 e. The van der Waals surface area contributed by atoms with Crippen LogP contribution in [0, 0.1) is 6.07 Å². The van der Waals surface area contributed by atoms with Gasteiger partial charge in [0.05, 0.1) is 5.76 Å². The van der Waals surface area contributed by atoms with E-state index in [0.717, 1.165) is 16.9 Å². The second kappa shape index (κ2) is 10.8. The van der Waals surface area contributed by atoms with E-state index in [-0.39, 0.29) is 38.4 Å². The summed E-state index contributed by atoms with van der Waals surface area (Å²) in [5.41, 5.74) is 10.9. The number of ketones is 1. The van der Waals surface area contributed by atoms with E-state index in [1.807, 2.05) is 18.3 Å². The van der Waals surface area contributed by atoms with Crippen LogP contribution < -0.4 is 26.2 Å². The standard InChI is InChI=1S/C25H19BN3.C5H8O2.Ir/c1-28-21-12-5-3-9-18(21)26-19-10-4-6-13-22(19)29(2)24-16-17(15-23(28)25(24)26)20-11-7-8-14-27-20;1-4(6)3-5(2)7;/h3-15H,1-2H3;3,6H,1-2H3;/q-1;;/b;4-3-;. The number of hydrogen-bond acceptors (Lipinski definition) is 5. The molecule has 1 N–H and O–H groups in total. The molecule has 6 rings (SSSR count). The van der Waals surface area contributed by atoms with E-state index < -0.39 is 0 Å². The Bertz CT molecular complexity index is 1410. The van der Waals surface area contributed by atoms with Gasteiger partial charge in [-0.3, -0.25) is 4.79 Å². The van der Waals surface area contributed by atoms with Crippen molar-refractivity contribution in [3.63, 3.8) is 0 Å². The minimum absolute atomic E-state index is 0. The number of nitrogens with zero attached hydrogens (tertiary/aromatic N) is 3. The third-order valence-corrected chi connectivity index (χ3v) is 6.62. The number of anilines is 4. The maximum atomic E-state index is 10.0. The van der Waals surface area contributed by atoms with Gasteiger partial charge in [0.15, 0.2) is 12.5 Å². The molecular formula is C30H27BIrN3O2-. The van der Waals surface area contributed by atoms with Crippen molar-refractivity contribution in [2.75, 3.05) is 23.9 Å². The number of para-hydroxylation sites is 2. The molecule has 1 aromatic heterocycles. The first-order valence-electron chi connectivity index (χ1n) is 11.9. The Labute approximate surface area is 231 Å². The summed E-state index contributed by atoms with van der Waals surface area (Å²) in [6.07, 6.45) is 3.01. The molecule has 1 radical (unpaired) electrons. The predicted molar refractivity (Wildman–Crippen MR) is 149 cm³/mol. The number of carbonyl (C=O) groups excluding carboxylic acids is 1. The summed E-state index contributed by atoms with van der Waals surface area (Å²) in [5, 5.41) is 8.36. The molecule has 0 fully saturated rings. The second-order valence-corrected chi connectivity index (χ2v) is 9.11. The van der Waals surface area contributed by atoms with Crippen LogP contribution in [0.4, 0.5) is 22.7 Å². The molecule has 5 nitrogen and oxygen atoms in total. The van der Waals surface area contributed by atoms with E-state index in [1.165, 1.54) is 53.4 Å². The monoisotopic (exact) mass is 665 g/mol. The van der Waals surface area contributed by atoms with Gasteiger partial charge >= 0.3 is 0 Å². The molecule has 0 atom stereocenters. The quantitative estimate of drug-likeness (QED) is 0.150. The number of rotatable bonds is 2. The molecule has 7 heteroatoms. The molecule has 4 aromatic rings. The summed E-state index contributed by atoms with van der Waals surface area (Å²) in [6, 6.07) is 29.4. The van der Waals surface area contributed by atoms with Crippen LogP contribution in [-0.4, -0.2) is 36.7 Å². The van der Waals surface area contributed by atoms with E-state index in [1.54, 1.807) is 0 Å².